The van der Waals surface area contributed by atoms with Crippen LogP contribution < -0.4 is 0 Å². The molecule has 1 aromatic rings. The quantitative estimate of drug-likeness (QED) is 0.861. The summed E-state index contributed by atoms with van der Waals surface area (Å²) in [5, 5.41) is 9.69. The van der Waals surface area contributed by atoms with Gasteiger partial charge in [-0.05, 0) is 44.4 Å². The molecular formula is C19H25N3O5. The van der Waals surface area contributed by atoms with Crippen LogP contribution in [0.2, 0.25) is 0 Å². The first-order valence-electron chi connectivity index (χ1n) is 9.56. The summed E-state index contributed by atoms with van der Waals surface area (Å²) in [6.45, 7) is 5.00. The summed E-state index contributed by atoms with van der Waals surface area (Å²) in [6, 6.07) is -0.861. The number of hydrogen-bond acceptors (Lipinski definition) is 5. The molecule has 0 bridgehead atoms. The highest BCUT2D eigenvalue weighted by molar-refractivity contribution is 5.96. The third-order valence-electron chi connectivity index (χ3n) is 6.22. The van der Waals surface area contributed by atoms with Crippen LogP contribution in [-0.4, -0.2) is 63.4 Å². The number of rotatable bonds is 3. The summed E-state index contributed by atoms with van der Waals surface area (Å²) in [6.07, 6.45) is 3.86. The highest BCUT2D eigenvalue weighted by Gasteiger charge is 2.51. The van der Waals surface area contributed by atoms with E-state index in [4.69, 9.17) is 4.42 Å². The maximum absolute atomic E-state index is 13.0. The summed E-state index contributed by atoms with van der Waals surface area (Å²) in [5.41, 5.74) is -0.0525. The summed E-state index contributed by atoms with van der Waals surface area (Å²) in [5.74, 6) is -0.138. The van der Waals surface area contributed by atoms with Gasteiger partial charge in [0.15, 0.2) is 11.6 Å². The predicted octanol–water partition coefficient (Wildman–Crippen LogP) is 1.61. The van der Waals surface area contributed by atoms with Crippen LogP contribution in [0.4, 0.5) is 0 Å². The zero-order chi connectivity index (χ0) is 19.3. The van der Waals surface area contributed by atoms with Crippen LogP contribution in [0.3, 0.4) is 0 Å². The standard InChI is InChI=1S/C19H25N3O5/c1-11-15(20-12(2)27-11)17(24)22-10-19(9-14(22)18(25)26)5-7-21(8-6-19)16(23)13-3-4-13/h13-14H,3-10H2,1-2H3,(H,25,26). The molecule has 1 atom stereocenters. The molecule has 4 rings (SSSR count). The number of piperidine rings is 1. The molecule has 1 aliphatic carbocycles. The van der Waals surface area contributed by atoms with E-state index in [9.17, 15) is 19.5 Å². The Labute approximate surface area is 157 Å². The molecule has 2 aliphatic heterocycles. The van der Waals surface area contributed by atoms with Gasteiger partial charge in [-0.1, -0.05) is 0 Å². The largest absolute Gasteiger partial charge is 0.480 e. The van der Waals surface area contributed by atoms with Gasteiger partial charge in [-0.15, -0.1) is 0 Å². The zero-order valence-corrected chi connectivity index (χ0v) is 15.7. The molecule has 1 N–H and O–H groups in total. The van der Waals surface area contributed by atoms with Crippen molar-refractivity contribution in [3.05, 3.63) is 17.3 Å². The summed E-state index contributed by atoms with van der Waals surface area (Å²) >= 11 is 0. The zero-order valence-electron chi connectivity index (χ0n) is 15.7. The van der Waals surface area contributed by atoms with Gasteiger partial charge in [-0.2, -0.15) is 0 Å². The Morgan fingerprint density at radius 2 is 1.85 bits per heavy atom. The molecule has 0 radical (unpaired) electrons. The number of aryl methyl sites for hydroxylation is 2. The summed E-state index contributed by atoms with van der Waals surface area (Å²) < 4.78 is 5.35. The smallest absolute Gasteiger partial charge is 0.326 e. The number of amides is 2. The second-order valence-corrected chi connectivity index (χ2v) is 8.23. The predicted molar refractivity (Wildman–Crippen MR) is 94.0 cm³/mol. The van der Waals surface area contributed by atoms with E-state index in [0.29, 0.717) is 37.7 Å². The van der Waals surface area contributed by atoms with Gasteiger partial charge < -0.3 is 19.3 Å². The lowest BCUT2D eigenvalue weighted by Gasteiger charge is -2.39. The van der Waals surface area contributed by atoms with Crippen molar-refractivity contribution in [2.75, 3.05) is 19.6 Å². The molecule has 1 saturated carbocycles. The van der Waals surface area contributed by atoms with Crippen molar-refractivity contribution in [3.63, 3.8) is 0 Å². The maximum Gasteiger partial charge on any atom is 0.326 e. The van der Waals surface area contributed by atoms with E-state index in [0.717, 1.165) is 25.7 Å². The van der Waals surface area contributed by atoms with Crippen molar-refractivity contribution in [1.29, 1.82) is 0 Å². The molecule has 1 spiro atoms. The van der Waals surface area contributed by atoms with Crippen LogP contribution >= 0.6 is 0 Å². The Kier molecular flexibility index (Phi) is 4.24. The van der Waals surface area contributed by atoms with Crippen LogP contribution in [0, 0.1) is 25.2 Å². The Balaban J connectivity index is 1.50. The number of aliphatic carboxylic acids is 1. The Morgan fingerprint density at radius 3 is 2.37 bits per heavy atom. The van der Waals surface area contributed by atoms with Gasteiger partial charge in [0.05, 0.1) is 0 Å². The fraction of sp³-hybridized carbons (Fsp3) is 0.684. The lowest BCUT2D eigenvalue weighted by molar-refractivity contribution is -0.141. The van der Waals surface area contributed by atoms with Gasteiger partial charge in [0.25, 0.3) is 5.91 Å². The van der Waals surface area contributed by atoms with Crippen LogP contribution in [0.15, 0.2) is 4.42 Å². The van der Waals surface area contributed by atoms with Crippen molar-refractivity contribution >= 4 is 17.8 Å². The first-order chi connectivity index (χ1) is 12.8. The van der Waals surface area contributed by atoms with Crippen molar-refractivity contribution in [3.8, 4) is 0 Å². The fourth-order valence-electron chi connectivity index (χ4n) is 4.51. The topological polar surface area (TPSA) is 104 Å². The first-order valence-corrected chi connectivity index (χ1v) is 9.56. The molecule has 1 unspecified atom stereocenters. The lowest BCUT2D eigenvalue weighted by Crippen LogP contribution is -2.45. The Morgan fingerprint density at radius 1 is 1.19 bits per heavy atom. The second-order valence-electron chi connectivity index (χ2n) is 8.23. The molecule has 8 heteroatoms. The SMILES string of the molecule is Cc1nc(C(=O)N2CC3(CCN(C(=O)C4CC4)CC3)CC2C(=O)O)c(C)o1. The number of carbonyl (C=O) groups is 3. The van der Waals surface area contributed by atoms with Crippen molar-refractivity contribution in [2.24, 2.45) is 11.3 Å². The molecule has 146 valence electrons. The summed E-state index contributed by atoms with van der Waals surface area (Å²) in [4.78, 5) is 44.6. The van der Waals surface area contributed by atoms with Gasteiger partial charge >= 0.3 is 5.97 Å². The normalized spacial score (nSPS) is 24.4. The molecular weight excluding hydrogens is 350 g/mol. The minimum atomic E-state index is -0.991. The first kappa shape index (κ1) is 18.0. The number of carboxylic acids is 1. The van der Waals surface area contributed by atoms with Gasteiger partial charge in [-0.3, -0.25) is 9.59 Å². The lowest BCUT2D eigenvalue weighted by atomic mass is 9.76. The molecule has 2 amide bonds. The number of carbonyl (C=O) groups excluding carboxylic acids is 2. The number of nitrogens with zero attached hydrogens (tertiary/aromatic N) is 3. The van der Waals surface area contributed by atoms with E-state index < -0.39 is 12.0 Å². The number of hydrogen-bond donors (Lipinski definition) is 1. The highest BCUT2D eigenvalue weighted by Crippen LogP contribution is 2.45. The van der Waals surface area contributed by atoms with Crippen LogP contribution in [-0.2, 0) is 9.59 Å². The number of oxazole rings is 1. The molecule has 0 aromatic carbocycles. The summed E-state index contributed by atoms with van der Waals surface area (Å²) in [7, 11) is 0. The monoisotopic (exact) mass is 375 g/mol. The van der Waals surface area contributed by atoms with Crippen molar-refractivity contribution in [1.82, 2.24) is 14.8 Å². The van der Waals surface area contributed by atoms with Gasteiger partial charge in [-0.25, -0.2) is 9.78 Å². The Bertz CT molecular complexity index is 789. The second kappa shape index (κ2) is 6.35. The molecule has 3 heterocycles. The molecule has 3 fully saturated rings. The molecule has 27 heavy (non-hydrogen) atoms. The van der Waals surface area contributed by atoms with E-state index in [1.165, 1.54) is 4.90 Å². The fourth-order valence-corrected chi connectivity index (χ4v) is 4.51. The minimum Gasteiger partial charge on any atom is -0.480 e. The van der Waals surface area contributed by atoms with E-state index in [-0.39, 0.29) is 28.8 Å². The van der Waals surface area contributed by atoms with Crippen molar-refractivity contribution < 1.29 is 23.9 Å². The molecule has 3 aliphatic rings. The number of carboxylic acid groups (broad SMARTS) is 1. The molecule has 8 nitrogen and oxygen atoms in total. The van der Waals surface area contributed by atoms with Gasteiger partial charge in [0, 0.05) is 32.5 Å². The average Bonchev–Trinajstić information content (AvgIpc) is 3.33. The van der Waals surface area contributed by atoms with Gasteiger partial charge in [0.2, 0.25) is 5.91 Å². The van der Waals surface area contributed by atoms with E-state index in [1.54, 1.807) is 13.8 Å². The minimum absolute atomic E-state index is 0.192. The molecule has 2 saturated heterocycles. The van der Waals surface area contributed by atoms with E-state index in [1.807, 2.05) is 4.90 Å². The maximum atomic E-state index is 13.0. The third-order valence-corrected chi connectivity index (χ3v) is 6.22. The van der Waals surface area contributed by atoms with Gasteiger partial charge in [0.1, 0.15) is 11.8 Å². The number of aromatic nitrogens is 1. The van der Waals surface area contributed by atoms with Crippen LogP contribution in [0.25, 0.3) is 0 Å². The number of likely N-dealkylation sites (tertiary alicyclic amines) is 2. The van der Waals surface area contributed by atoms with Crippen molar-refractivity contribution in [2.45, 2.75) is 52.0 Å². The Hall–Kier alpha value is -2.38. The average molecular weight is 375 g/mol. The van der Waals surface area contributed by atoms with Crippen LogP contribution in [0.1, 0.15) is 54.2 Å². The third kappa shape index (κ3) is 3.21. The highest BCUT2D eigenvalue weighted by atomic mass is 16.4. The molecule has 1 aromatic heterocycles. The van der Waals surface area contributed by atoms with Crippen LogP contribution in [0.5, 0.6) is 0 Å². The van der Waals surface area contributed by atoms with E-state index >= 15 is 0 Å². The van der Waals surface area contributed by atoms with E-state index in [2.05, 4.69) is 4.98 Å².